The lowest BCUT2D eigenvalue weighted by molar-refractivity contribution is 0.242. The van der Waals surface area contributed by atoms with E-state index >= 15 is 0 Å². The highest BCUT2D eigenvalue weighted by Gasteiger charge is 2.23. The van der Waals surface area contributed by atoms with Crippen LogP contribution in [0.15, 0.2) is 11.1 Å². The van der Waals surface area contributed by atoms with Crippen LogP contribution in [-0.4, -0.2) is 12.6 Å². The maximum atomic E-state index is 5.62. The molecule has 0 aromatic heterocycles. The van der Waals surface area contributed by atoms with E-state index in [1.165, 1.54) is 24.8 Å². The van der Waals surface area contributed by atoms with Gasteiger partial charge in [-0.25, -0.2) is 0 Å². The monoisotopic (exact) mass is 215 g/mol. The average molecular weight is 216 g/mol. The molecule has 1 aliphatic carbocycles. The van der Waals surface area contributed by atoms with Crippen LogP contribution in [0.5, 0.6) is 0 Å². The van der Waals surface area contributed by atoms with Gasteiger partial charge in [-0.3, -0.25) is 0 Å². The highest BCUT2D eigenvalue weighted by atomic mass is 35.5. The molecule has 1 saturated carbocycles. The van der Waals surface area contributed by atoms with Crippen LogP contribution < -0.4 is 5.32 Å². The van der Waals surface area contributed by atoms with Crippen molar-refractivity contribution in [2.75, 3.05) is 6.54 Å². The Morgan fingerprint density at radius 2 is 1.86 bits per heavy atom. The van der Waals surface area contributed by atoms with Gasteiger partial charge in [0.15, 0.2) is 0 Å². The van der Waals surface area contributed by atoms with E-state index in [0.717, 1.165) is 18.4 Å². The van der Waals surface area contributed by atoms with Gasteiger partial charge in [-0.15, -0.1) is 0 Å². The fourth-order valence-electron chi connectivity index (χ4n) is 2.46. The minimum absolute atomic E-state index is 0.695. The first-order valence-corrected chi connectivity index (χ1v) is 6.04. The molecule has 1 aliphatic rings. The molecule has 0 heterocycles. The fraction of sp³-hybridized carbons (Fsp3) is 0.833. The molecule has 14 heavy (non-hydrogen) atoms. The van der Waals surface area contributed by atoms with E-state index < -0.39 is 0 Å². The van der Waals surface area contributed by atoms with Crippen LogP contribution in [-0.2, 0) is 0 Å². The van der Waals surface area contributed by atoms with Crippen LogP contribution >= 0.6 is 11.6 Å². The van der Waals surface area contributed by atoms with E-state index in [-0.39, 0.29) is 0 Å². The first kappa shape index (κ1) is 12.1. The summed E-state index contributed by atoms with van der Waals surface area (Å²) in [6, 6.07) is 0.695. The lowest BCUT2D eigenvalue weighted by Gasteiger charge is -2.32. The van der Waals surface area contributed by atoms with Crippen LogP contribution in [0.1, 0.15) is 40.0 Å². The van der Waals surface area contributed by atoms with Gasteiger partial charge in [0.2, 0.25) is 0 Å². The third-order valence-corrected chi connectivity index (χ3v) is 3.41. The Bertz CT molecular complexity index is 190. The Hall–Kier alpha value is -0.0100. The molecule has 0 aliphatic heterocycles. The van der Waals surface area contributed by atoms with Gasteiger partial charge >= 0.3 is 0 Å². The highest BCUT2D eigenvalue weighted by Crippen LogP contribution is 2.28. The predicted octanol–water partition coefficient (Wildman–Crippen LogP) is 3.54. The molecule has 1 N–H and O–H groups in total. The first-order valence-electron chi connectivity index (χ1n) is 5.61. The second-order valence-corrected chi connectivity index (χ2v) is 5.17. The van der Waals surface area contributed by atoms with Crippen molar-refractivity contribution in [3.63, 3.8) is 0 Å². The van der Waals surface area contributed by atoms with E-state index in [2.05, 4.69) is 26.1 Å². The molecule has 1 rings (SSSR count). The molecule has 0 aromatic rings. The van der Waals surface area contributed by atoms with Crippen molar-refractivity contribution in [1.29, 1.82) is 0 Å². The van der Waals surface area contributed by atoms with Crippen molar-refractivity contribution in [2.45, 2.75) is 46.1 Å². The molecular formula is C12H22ClN. The minimum Gasteiger partial charge on any atom is -0.310 e. The van der Waals surface area contributed by atoms with Gasteiger partial charge in [-0.1, -0.05) is 25.4 Å². The van der Waals surface area contributed by atoms with Crippen LogP contribution in [0.4, 0.5) is 0 Å². The second-order valence-electron chi connectivity index (χ2n) is 4.95. The lowest BCUT2D eigenvalue weighted by Crippen LogP contribution is -2.37. The van der Waals surface area contributed by atoms with Gasteiger partial charge < -0.3 is 5.32 Å². The molecule has 0 aromatic carbocycles. The molecule has 0 amide bonds. The van der Waals surface area contributed by atoms with Crippen molar-refractivity contribution < 1.29 is 0 Å². The van der Waals surface area contributed by atoms with Gasteiger partial charge in [0.25, 0.3) is 0 Å². The highest BCUT2D eigenvalue weighted by molar-refractivity contribution is 6.25. The Balaban J connectivity index is 2.30. The quantitative estimate of drug-likeness (QED) is 0.760. The Morgan fingerprint density at radius 1 is 1.29 bits per heavy atom. The molecule has 0 saturated heterocycles. The largest absolute Gasteiger partial charge is 0.310 e. The first-order chi connectivity index (χ1) is 6.61. The predicted molar refractivity (Wildman–Crippen MR) is 63.6 cm³/mol. The minimum atomic E-state index is 0.695. The molecule has 2 unspecified atom stereocenters. The lowest BCUT2D eigenvalue weighted by atomic mass is 9.80. The van der Waals surface area contributed by atoms with E-state index in [1.54, 1.807) is 5.54 Å². The molecule has 2 atom stereocenters. The summed E-state index contributed by atoms with van der Waals surface area (Å²) < 4.78 is 0. The number of hydrogen-bond donors (Lipinski definition) is 1. The SMILES string of the molecule is C/C(=C\Cl)CNC1CC(C)CC(C)C1. The molecule has 82 valence electrons. The maximum absolute atomic E-state index is 5.62. The van der Waals surface area contributed by atoms with Gasteiger partial charge in [0.05, 0.1) is 0 Å². The average Bonchev–Trinajstić information content (AvgIpc) is 2.12. The summed E-state index contributed by atoms with van der Waals surface area (Å²) in [6.07, 6.45) is 4.03. The zero-order valence-corrected chi connectivity index (χ0v) is 10.3. The van der Waals surface area contributed by atoms with Crippen molar-refractivity contribution in [2.24, 2.45) is 11.8 Å². The molecule has 0 spiro atoms. The third-order valence-electron chi connectivity index (χ3n) is 3.03. The van der Waals surface area contributed by atoms with Crippen LogP contribution in [0.2, 0.25) is 0 Å². The normalized spacial score (nSPS) is 34.6. The van der Waals surface area contributed by atoms with E-state index in [1.807, 2.05) is 0 Å². The van der Waals surface area contributed by atoms with Crippen LogP contribution in [0.25, 0.3) is 0 Å². The van der Waals surface area contributed by atoms with Crippen molar-refractivity contribution in [3.05, 3.63) is 11.1 Å². The summed E-state index contributed by atoms with van der Waals surface area (Å²) in [7, 11) is 0. The van der Waals surface area contributed by atoms with E-state index in [0.29, 0.717) is 6.04 Å². The van der Waals surface area contributed by atoms with Crippen LogP contribution in [0, 0.1) is 11.8 Å². The molecule has 0 bridgehead atoms. The topological polar surface area (TPSA) is 12.0 Å². The summed E-state index contributed by atoms with van der Waals surface area (Å²) in [5.41, 5.74) is 2.89. The number of halogens is 1. The Kier molecular flexibility index (Phi) is 4.97. The number of hydrogen-bond acceptors (Lipinski definition) is 1. The Labute approximate surface area is 92.9 Å². The number of rotatable bonds is 3. The molecule has 0 radical (unpaired) electrons. The van der Waals surface area contributed by atoms with E-state index in [9.17, 15) is 0 Å². The zero-order valence-electron chi connectivity index (χ0n) is 9.52. The summed E-state index contributed by atoms with van der Waals surface area (Å²) >= 11 is 5.62. The summed E-state index contributed by atoms with van der Waals surface area (Å²) in [4.78, 5) is 0. The second kappa shape index (κ2) is 5.77. The van der Waals surface area contributed by atoms with Crippen molar-refractivity contribution in [1.82, 2.24) is 5.32 Å². The molecular weight excluding hydrogens is 194 g/mol. The fourth-order valence-corrected chi connectivity index (χ4v) is 2.53. The molecule has 2 heteroatoms. The summed E-state index contributed by atoms with van der Waals surface area (Å²) in [5, 5.41) is 3.58. The van der Waals surface area contributed by atoms with Gasteiger partial charge in [-0.2, -0.15) is 0 Å². The van der Waals surface area contributed by atoms with Crippen LogP contribution in [0.3, 0.4) is 0 Å². The summed E-state index contributed by atoms with van der Waals surface area (Å²) in [5.74, 6) is 1.74. The van der Waals surface area contributed by atoms with Gasteiger partial charge in [0, 0.05) is 18.1 Å². The van der Waals surface area contributed by atoms with Gasteiger partial charge in [0.1, 0.15) is 0 Å². The summed E-state index contributed by atoms with van der Waals surface area (Å²) in [6.45, 7) is 7.71. The Morgan fingerprint density at radius 3 is 2.36 bits per heavy atom. The van der Waals surface area contributed by atoms with Crippen molar-refractivity contribution in [3.8, 4) is 0 Å². The molecule has 1 nitrogen and oxygen atoms in total. The number of nitrogens with one attached hydrogen (secondary N) is 1. The zero-order chi connectivity index (χ0) is 10.6. The standard InChI is InChI=1S/C12H22ClN/c1-9-4-10(2)6-12(5-9)14-8-11(3)7-13/h7,9-10,12,14H,4-6,8H2,1-3H3/b11-7+. The van der Waals surface area contributed by atoms with Gasteiger partial charge in [-0.05, 0) is 43.6 Å². The third kappa shape index (κ3) is 4.02. The maximum Gasteiger partial charge on any atom is 0.0176 e. The molecule has 1 fully saturated rings. The van der Waals surface area contributed by atoms with E-state index in [4.69, 9.17) is 11.6 Å². The smallest absolute Gasteiger partial charge is 0.0176 e. The van der Waals surface area contributed by atoms with Crippen molar-refractivity contribution >= 4 is 11.6 Å².